The molecule has 4 aliphatic rings. The Balaban J connectivity index is 1.24. The topological polar surface area (TPSA) is 140 Å². The molecule has 1 atom stereocenters. The molecule has 1 aromatic carbocycles. The number of benzene rings is 1. The summed E-state index contributed by atoms with van der Waals surface area (Å²) in [6.07, 6.45) is 6.09. The van der Waals surface area contributed by atoms with Gasteiger partial charge in [0.05, 0.1) is 25.0 Å². The number of hydrogen-bond acceptors (Lipinski definition) is 8. The highest BCUT2D eigenvalue weighted by Crippen LogP contribution is 2.27. The predicted octanol–water partition coefficient (Wildman–Crippen LogP) is 0.150. The molecule has 5 heterocycles. The number of nitrogens with one attached hydrogen (secondary N) is 3. The van der Waals surface area contributed by atoms with E-state index in [1.165, 1.54) is 9.31 Å². The number of amides is 3. The fourth-order valence-corrected chi connectivity index (χ4v) is 6.94. The van der Waals surface area contributed by atoms with Crippen LogP contribution in [0.3, 0.4) is 0 Å². The third-order valence-electron chi connectivity index (χ3n) is 7.67. The summed E-state index contributed by atoms with van der Waals surface area (Å²) in [4.78, 5) is 33.2. The predicted molar refractivity (Wildman–Crippen MR) is 143 cm³/mol. The number of aromatic amines is 1. The minimum absolute atomic E-state index is 0.00413. The van der Waals surface area contributed by atoms with Gasteiger partial charge in [0.15, 0.2) is 6.73 Å². The summed E-state index contributed by atoms with van der Waals surface area (Å²) in [5, 5.41) is 5.31. The molecule has 2 aromatic rings. The summed E-state index contributed by atoms with van der Waals surface area (Å²) in [6.45, 7) is 2.77. The normalized spacial score (nSPS) is 21.9. The number of nitrogens with zero attached hydrogens (tertiary/aromatic N) is 4. The highest BCUT2D eigenvalue weighted by Gasteiger charge is 2.41. The molecule has 0 aliphatic carbocycles. The van der Waals surface area contributed by atoms with E-state index in [0.29, 0.717) is 68.3 Å². The number of aromatic nitrogens is 1. The Kier molecular flexibility index (Phi) is 6.95. The maximum Gasteiger partial charge on any atom is 0.339 e. The zero-order chi connectivity index (χ0) is 27.9. The van der Waals surface area contributed by atoms with Gasteiger partial charge < -0.3 is 29.6 Å². The maximum atomic E-state index is 13.7. The Labute approximate surface area is 232 Å². The van der Waals surface area contributed by atoms with Crippen molar-refractivity contribution in [2.24, 2.45) is 0 Å². The van der Waals surface area contributed by atoms with Crippen molar-refractivity contribution in [3.05, 3.63) is 41.4 Å². The summed E-state index contributed by atoms with van der Waals surface area (Å²) in [5.74, 6) is 2.92. The Morgan fingerprint density at radius 3 is 2.73 bits per heavy atom. The number of morpholine rings is 1. The fraction of sp³-hybridized carbons (Fsp3) is 0.462. The lowest BCUT2D eigenvalue weighted by Crippen LogP contribution is -2.62. The standard InChI is InChI=1S/C26H31N7O6S/c1-2-18-3-4-21-19(13-18)14-23(28-21)40(36,37)31-7-8-32(20(16-31)15-24(34)30-9-11-38-12-10-30)26(35)33-6-5-22-25(29-33)39-17-27-22/h1,3-4,13-14,20,27-29H,5-12,15-17H2. The number of terminal acetylenes is 1. The number of carbonyl (C=O) groups excluding carboxylic acids is 2. The quantitative estimate of drug-likeness (QED) is 0.443. The van der Waals surface area contributed by atoms with Crippen LogP contribution in [0.2, 0.25) is 0 Å². The number of sulfonamides is 1. The number of rotatable bonds is 4. The molecule has 13 nitrogen and oxygen atoms in total. The summed E-state index contributed by atoms with van der Waals surface area (Å²) in [5.41, 5.74) is 5.23. The Morgan fingerprint density at radius 2 is 1.93 bits per heavy atom. The second-order valence-electron chi connectivity index (χ2n) is 10.1. The Hall–Kier alpha value is -3.93. The van der Waals surface area contributed by atoms with Gasteiger partial charge in [0, 0.05) is 68.6 Å². The first-order valence-electron chi connectivity index (χ1n) is 13.2. The van der Waals surface area contributed by atoms with Crippen LogP contribution < -0.4 is 10.7 Å². The van der Waals surface area contributed by atoms with E-state index >= 15 is 0 Å². The lowest BCUT2D eigenvalue weighted by atomic mass is 10.1. The Morgan fingerprint density at radius 1 is 1.10 bits per heavy atom. The van der Waals surface area contributed by atoms with E-state index in [0.717, 1.165) is 5.70 Å². The van der Waals surface area contributed by atoms with Crippen molar-refractivity contribution in [1.29, 1.82) is 0 Å². The molecule has 3 N–H and O–H groups in total. The monoisotopic (exact) mass is 569 g/mol. The molecule has 2 fully saturated rings. The van der Waals surface area contributed by atoms with E-state index in [1.807, 2.05) is 0 Å². The van der Waals surface area contributed by atoms with Gasteiger partial charge in [-0.15, -0.1) is 6.42 Å². The van der Waals surface area contributed by atoms with Gasteiger partial charge in [0.1, 0.15) is 5.03 Å². The third kappa shape index (κ3) is 4.91. The summed E-state index contributed by atoms with van der Waals surface area (Å²) in [7, 11) is -3.94. The van der Waals surface area contributed by atoms with Crippen LogP contribution in [-0.4, -0.2) is 110 Å². The molecule has 40 heavy (non-hydrogen) atoms. The Bertz CT molecular complexity index is 1510. The van der Waals surface area contributed by atoms with E-state index in [2.05, 4.69) is 21.6 Å². The number of carbonyl (C=O) groups is 2. The minimum Gasteiger partial charge on any atom is -0.456 e. The van der Waals surface area contributed by atoms with Crippen molar-refractivity contribution in [1.82, 2.24) is 34.8 Å². The third-order valence-corrected chi connectivity index (χ3v) is 9.46. The summed E-state index contributed by atoms with van der Waals surface area (Å²) >= 11 is 0. The molecule has 0 spiro atoms. The molecule has 2 saturated heterocycles. The van der Waals surface area contributed by atoms with Crippen molar-refractivity contribution in [2.75, 3.05) is 59.2 Å². The highest BCUT2D eigenvalue weighted by molar-refractivity contribution is 7.89. The van der Waals surface area contributed by atoms with Crippen LogP contribution in [0.1, 0.15) is 18.4 Å². The first-order chi connectivity index (χ1) is 19.3. The van der Waals surface area contributed by atoms with Crippen LogP contribution in [0.5, 0.6) is 0 Å². The number of hydrogen-bond donors (Lipinski definition) is 3. The fourth-order valence-electron chi connectivity index (χ4n) is 5.45. The van der Waals surface area contributed by atoms with Gasteiger partial charge in [-0.2, -0.15) is 4.31 Å². The highest BCUT2D eigenvalue weighted by atomic mass is 32.2. The van der Waals surface area contributed by atoms with Gasteiger partial charge in [-0.25, -0.2) is 18.2 Å². The zero-order valence-electron chi connectivity index (χ0n) is 21.9. The van der Waals surface area contributed by atoms with Gasteiger partial charge in [0.25, 0.3) is 10.0 Å². The average Bonchev–Trinajstić information content (AvgIpc) is 3.64. The van der Waals surface area contributed by atoms with E-state index in [9.17, 15) is 18.0 Å². The molecule has 4 aliphatic heterocycles. The van der Waals surface area contributed by atoms with E-state index in [1.54, 1.807) is 34.1 Å². The number of ether oxygens (including phenoxy) is 2. The molecule has 0 radical (unpaired) electrons. The number of fused-ring (bicyclic) bond motifs is 1. The van der Waals surface area contributed by atoms with E-state index in [4.69, 9.17) is 15.9 Å². The summed E-state index contributed by atoms with van der Waals surface area (Å²) in [6, 6.07) is 5.82. The van der Waals surface area contributed by atoms with Crippen molar-refractivity contribution in [2.45, 2.75) is 23.9 Å². The number of hydrazine groups is 1. The second kappa shape index (κ2) is 10.6. The van der Waals surface area contributed by atoms with Crippen LogP contribution in [0.4, 0.5) is 4.79 Å². The van der Waals surface area contributed by atoms with Crippen molar-refractivity contribution in [3.63, 3.8) is 0 Å². The molecular weight excluding hydrogens is 538 g/mol. The minimum atomic E-state index is -3.94. The van der Waals surface area contributed by atoms with Crippen LogP contribution in [0.15, 0.2) is 40.9 Å². The van der Waals surface area contributed by atoms with Crippen molar-refractivity contribution >= 4 is 32.9 Å². The molecule has 212 valence electrons. The largest absolute Gasteiger partial charge is 0.456 e. The van der Waals surface area contributed by atoms with Crippen LogP contribution in [-0.2, 0) is 24.3 Å². The lowest BCUT2D eigenvalue weighted by molar-refractivity contribution is -0.136. The zero-order valence-corrected chi connectivity index (χ0v) is 22.7. The van der Waals surface area contributed by atoms with Gasteiger partial charge in [-0.1, -0.05) is 5.92 Å². The van der Waals surface area contributed by atoms with Crippen LogP contribution in [0, 0.1) is 12.3 Å². The molecule has 3 amide bonds. The van der Waals surface area contributed by atoms with Crippen LogP contribution in [0.25, 0.3) is 10.9 Å². The van der Waals surface area contributed by atoms with Gasteiger partial charge in [-0.3, -0.25) is 10.2 Å². The van der Waals surface area contributed by atoms with E-state index in [-0.39, 0.29) is 43.0 Å². The van der Waals surface area contributed by atoms with Gasteiger partial charge in [0.2, 0.25) is 11.8 Å². The van der Waals surface area contributed by atoms with E-state index < -0.39 is 16.1 Å². The first-order valence-corrected chi connectivity index (χ1v) is 14.7. The molecule has 6 rings (SSSR count). The second-order valence-corrected chi connectivity index (χ2v) is 12.0. The SMILES string of the molecule is C#Cc1ccc2[nH]c(S(=O)(=O)N3CCN(C(=O)N4CCC5=C(N4)OCN5)C(CC(=O)N4CCOCC4)C3)cc2c1. The average molecular weight is 570 g/mol. The first kappa shape index (κ1) is 26.3. The molecule has 1 aromatic heterocycles. The molecule has 0 saturated carbocycles. The molecular formula is C26H31N7O6S. The maximum absolute atomic E-state index is 13.7. The number of piperazine rings is 1. The van der Waals surface area contributed by atoms with Crippen LogP contribution >= 0.6 is 0 Å². The number of urea groups is 1. The lowest BCUT2D eigenvalue weighted by Gasteiger charge is -2.43. The molecule has 14 heteroatoms. The molecule has 1 unspecified atom stereocenters. The van der Waals surface area contributed by atoms with Crippen molar-refractivity contribution < 1.29 is 27.5 Å². The van der Waals surface area contributed by atoms with Gasteiger partial charge >= 0.3 is 6.03 Å². The van der Waals surface area contributed by atoms with Crippen molar-refractivity contribution in [3.8, 4) is 12.3 Å². The number of H-pyrrole nitrogens is 1. The summed E-state index contributed by atoms with van der Waals surface area (Å²) < 4.78 is 39.7. The molecule has 0 bridgehead atoms. The van der Waals surface area contributed by atoms with Gasteiger partial charge in [-0.05, 0) is 24.3 Å². The smallest absolute Gasteiger partial charge is 0.339 e.